The predicted molar refractivity (Wildman–Crippen MR) is 122 cm³/mol. The molecule has 0 aromatic carbocycles. The van der Waals surface area contributed by atoms with Gasteiger partial charge in [0, 0.05) is 54.1 Å². The SMILES string of the molecule is C=C(C)N1CCC(Nc2ncc3c(-c4cnc(N=C(C)C)c(C)c4)ccn3n2)CC1. The molecule has 4 rings (SSSR count). The summed E-state index contributed by atoms with van der Waals surface area (Å²) in [5.41, 5.74) is 6.25. The van der Waals surface area contributed by atoms with Crippen LogP contribution in [-0.2, 0) is 0 Å². The predicted octanol–water partition coefficient (Wildman–Crippen LogP) is 4.62. The third kappa shape index (κ3) is 4.20. The molecule has 1 saturated heterocycles. The Kier molecular flexibility index (Phi) is 5.53. The van der Waals surface area contributed by atoms with Crippen LogP contribution in [0.4, 0.5) is 11.8 Å². The summed E-state index contributed by atoms with van der Waals surface area (Å²) in [4.78, 5) is 15.9. The van der Waals surface area contributed by atoms with Crippen molar-refractivity contribution >= 4 is 23.0 Å². The van der Waals surface area contributed by atoms with Gasteiger partial charge in [0.05, 0.1) is 11.7 Å². The first-order valence-corrected chi connectivity index (χ1v) is 10.4. The average molecular weight is 404 g/mol. The van der Waals surface area contributed by atoms with Crippen molar-refractivity contribution < 1.29 is 0 Å². The average Bonchev–Trinajstić information content (AvgIpc) is 3.13. The van der Waals surface area contributed by atoms with Gasteiger partial charge in [-0.15, -0.1) is 5.10 Å². The number of likely N-dealkylation sites (tertiary alicyclic amines) is 1. The van der Waals surface area contributed by atoms with Gasteiger partial charge in [-0.3, -0.25) is 0 Å². The monoisotopic (exact) mass is 403 g/mol. The molecule has 156 valence electrons. The smallest absolute Gasteiger partial charge is 0.241 e. The van der Waals surface area contributed by atoms with Gasteiger partial charge in [-0.1, -0.05) is 6.58 Å². The standard InChI is InChI=1S/C23H29N7/c1-15(2)26-22-17(5)12-18(13-24-22)20-8-11-30-21(20)14-25-23(28-30)27-19-6-9-29(10-7-19)16(3)4/h8,11-14,19H,3,6-7,9-10H2,1-2,4-5H3,(H,27,28). The van der Waals surface area contributed by atoms with Gasteiger partial charge in [-0.05, 0) is 58.2 Å². The van der Waals surface area contributed by atoms with Gasteiger partial charge in [-0.25, -0.2) is 19.5 Å². The van der Waals surface area contributed by atoms with Gasteiger partial charge in [0.25, 0.3) is 0 Å². The second kappa shape index (κ2) is 8.26. The number of piperidine rings is 1. The summed E-state index contributed by atoms with van der Waals surface area (Å²) < 4.78 is 1.88. The zero-order chi connectivity index (χ0) is 21.3. The van der Waals surface area contributed by atoms with E-state index in [0.29, 0.717) is 12.0 Å². The van der Waals surface area contributed by atoms with E-state index >= 15 is 0 Å². The highest BCUT2D eigenvalue weighted by atomic mass is 15.3. The second-order valence-electron chi connectivity index (χ2n) is 8.21. The first kappa shape index (κ1) is 20.1. The van der Waals surface area contributed by atoms with Crippen LogP contribution < -0.4 is 5.32 Å². The highest BCUT2D eigenvalue weighted by Gasteiger charge is 2.19. The Morgan fingerprint density at radius 2 is 1.93 bits per heavy atom. The van der Waals surface area contributed by atoms with E-state index in [1.807, 2.05) is 43.9 Å². The molecule has 0 unspecified atom stereocenters. The van der Waals surface area contributed by atoms with Gasteiger partial charge in [-0.2, -0.15) is 0 Å². The molecule has 1 aliphatic rings. The maximum absolute atomic E-state index is 4.67. The minimum atomic E-state index is 0.384. The maximum Gasteiger partial charge on any atom is 0.241 e. The summed E-state index contributed by atoms with van der Waals surface area (Å²) in [5, 5.41) is 8.16. The minimum absolute atomic E-state index is 0.384. The van der Waals surface area contributed by atoms with Crippen LogP contribution in [0.1, 0.15) is 39.2 Å². The fourth-order valence-electron chi connectivity index (χ4n) is 3.84. The van der Waals surface area contributed by atoms with Crippen molar-refractivity contribution in [2.24, 2.45) is 4.99 Å². The molecule has 0 radical (unpaired) electrons. The molecule has 3 aromatic heterocycles. The highest BCUT2D eigenvalue weighted by Crippen LogP contribution is 2.28. The molecule has 30 heavy (non-hydrogen) atoms. The topological polar surface area (TPSA) is 70.7 Å². The lowest BCUT2D eigenvalue weighted by molar-refractivity contribution is 0.273. The molecule has 0 aliphatic carbocycles. The van der Waals surface area contributed by atoms with Crippen LogP contribution in [0.5, 0.6) is 0 Å². The van der Waals surface area contributed by atoms with Crippen molar-refractivity contribution in [3.8, 4) is 11.1 Å². The van der Waals surface area contributed by atoms with E-state index in [4.69, 9.17) is 0 Å². The van der Waals surface area contributed by atoms with Crippen molar-refractivity contribution in [2.75, 3.05) is 18.4 Å². The molecule has 0 saturated carbocycles. The lowest BCUT2D eigenvalue weighted by Gasteiger charge is -2.33. The molecule has 7 heteroatoms. The largest absolute Gasteiger partial charge is 0.375 e. The normalized spacial score (nSPS) is 14.7. The Morgan fingerprint density at radius 1 is 1.17 bits per heavy atom. The lowest BCUT2D eigenvalue weighted by Crippen LogP contribution is -2.38. The Morgan fingerprint density at radius 3 is 2.60 bits per heavy atom. The van der Waals surface area contributed by atoms with E-state index in [0.717, 1.165) is 65.4 Å². The Bertz CT molecular complexity index is 1100. The van der Waals surface area contributed by atoms with Gasteiger partial charge < -0.3 is 10.2 Å². The van der Waals surface area contributed by atoms with Crippen LogP contribution in [0.15, 0.2) is 48.0 Å². The summed E-state index contributed by atoms with van der Waals surface area (Å²) in [7, 11) is 0. The van der Waals surface area contributed by atoms with Crippen molar-refractivity contribution in [3.05, 3.63) is 48.6 Å². The van der Waals surface area contributed by atoms with Crippen molar-refractivity contribution in [3.63, 3.8) is 0 Å². The van der Waals surface area contributed by atoms with E-state index in [2.05, 4.69) is 55.9 Å². The van der Waals surface area contributed by atoms with Crippen molar-refractivity contribution in [1.29, 1.82) is 0 Å². The fraction of sp³-hybridized carbons (Fsp3) is 0.391. The Hall–Kier alpha value is -3.22. The number of rotatable bonds is 5. The fourth-order valence-corrected chi connectivity index (χ4v) is 3.84. The number of nitrogens with one attached hydrogen (secondary N) is 1. The Labute approximate surface area is 177 Å². The van der Waals surface area contributed by atoms with E-state index in [9.17, 15) is 0 Å². The third-order valence-electron chi connectivity index (χ3n) is 5.48. The minimum Gasteiger partial charge on any atom is -0.375 e. The summed E-state index contributed by atoms with van der Waals surface area (Å²) >= 11 is 0. The summed E-state index contributed by atoms with van der Waals surface area (Å²) in [6.45, 7) is 14.1. The molecule has 0 bridgehead atoms. The van der Waals surface area contributed by atoms with E-state index in [1.54, 1.807) is 0 Å². The first-order valence-electron chi connectivity index (χ1n) is 10.4. The molecular weight excluding hydrogens is 374 g/mol. The van der Waals surface area contributed by atoms with Crippen LogP contribution in [0.2, 0.25) is 0 Å². The van der Waals surface area contributed by atoms with Gasteiger partial charge in [0.2, 0.25) is 5.95 Å². The summed E-state index contributed by atoms with van der Waals surface area (Å²) in [5.74, 6) is 1.43. The van der Waals surface area contributed by atoms with Crippen LogP contribution in [0.3, 0.4) is 0 Å². The molecule has 7 nitrogen and oxygen atoms in total. The van der Waals surface area contributed by atoms with Crippen molar-refractivity contribution in [2.45, 2.75) is 46.6 Å². The number of pyridine rings is 1. The maximum atomic E-state index is 4.67. The number of hydrogen-bond acceptors (Lipinski definition) is 6. The van der Waals surface area contributed by atoms with E-state index in [1.165, 1.54) is 0 Å². The molecule has 3 aromatic rings. The molecule has 0 spiro atoms. The van der Waals surface area contributed by atoms with Crippen LogP contribution in [-0.4, -0.2) is 49.3 Å². The first-order chi connectivity index (χ1) is 14.4. The molecule has 0 atom stereocenters. The number of aliphatic imine (C=N–C) groups is 1. The quantitative estimate of drug-likeness (QED) is 0.629. The number of nitrogens with zero attached hydrogens (tertiary/aromatic N) is 6. The zero-order valence-electron chi connectivity index (χ0n) is 18.2. The molecule has 1 fully saturated rings. The van der Waals surface area contributed by atoms with Crippen LogP contribution >= 0.6 is 0 Å². The van der Waals surface area contributed by atoms with Crippen molar-refractivity contribution in [1.82, 2.24) is 24.5 Å². The summed E-state index contributed by atoms with van der Waals surface area (Å²) in [6.07, 6.45) is 7.83. The van der Waals surface area contributed by atoms with Gasteiger partial charge >= 0.3 is 0 Å². The second-order valence-corrected chi connectivity index (χ2v) is 8.21. The van der Waals surface area contributed by atoms with Gasteiger partial charge in [0.1, 0.15) is 0 Å². The Balaban J connectivity index is 1.52. The zero-order valence-corrected chi connectivity index (χ0v) is 18.2. The van der Waals surface area contributed by atoms with E-state index in [-0.39, 0.29) is 0 Å². The third-order valence-corrected chi connectivity index (χ3v) is 5.48. The summed E-state index contributed by atoms with van der Waals surface area (Å²) in [6, 6.07) is 4.56. The molecule has 1 aliphatic heterocycles. The highest BCUT2D eigenvalue weighted by molar-refractivity contribution is 5.83. The molecule has 0 amide bonds. The van der Waals surface area contributed by atoms with Gasteiger partial charge in [0.15, 0.2) is 5.82 Å². The van der Waals surface area contributed by atoms with Crippen LogP contribution in [0, 0.1) is 6.92 Å². The molecule has 1 N–H and O–H groups in total. The lowest BCUT2D eigenvalue weighted by atomic mass is 10.1. The number of hydrogen-bond donors (Lipinski definition) is 1. The number of allylic oxidation sites excluding steroid dienone is 1. The number of anilines is 1. The number of fused-ring (bicyclic) bond motifs is 1. The molecule has 4 heterocycles. The molecular formula is C23H29N7. The number of aromatic nitrogens is 4. The van der Waals surface area contributed by atoms with Crippen LogP contribution in [0.25, 0.3) is 16.6 Å². The van der Waals surface area contributed by atoms with E-state index < -0.39 is 0 Å². The number of aryl methyl sites for hydroxylation is 1.